The van der Waals surface area contributed by atoms with Crippen LogP contribution >= 0.6 is 0 Å². The van der Waals surface area contributed by atoms with Crippen molar-refractivity contribution < 1.29 is 4.74 Å². The summed E-state index contributed by atoms with van der Waals surface area (Å²) >= 11 is 0. The summed E-state index contributed by atoms with van der Waals surface area (Å²) in [6, 6.07) is 10.5. The van der Waals surface area contributed by atoms with E-state index >= 15 is 0 Å². The van der Waals surface area contributed by atoms with E-state index in [1.54, 1.807) is 0 Å². The lowest BCUT2D eigenvalue weighted by atomic mass is 9.96. The number of rotatable bonds is 5. The predicted octanol–water partition coefficient (Wildman–Crippen LogP) is 5.07. The maximum Gasteiger partial charge on any atom is 0.0693 e. The number of benzene rings is 1. The van der Waals surface area contributed by atoms with Gasteiger partial charge in [-0.1, -0.05) is 56.3 Å². The van der Waals surface area contributed by atoms with Crippen molar-refractivity contribution in [1.29, 1.82) is 0 Å². The maximum absolute atomic E-state index is 6.25. The van der Waals surface area contributed by atoms with Gasteiger partial charge >= 0.3 is 0 Å². The molecule has 2 unspecified atom stereocenters. The topological polar surface area (TPSA) is 9.23 Å². The van der Waals surface area contributed by atoms with Crippen LogP contribution in [0.4, 0.5) is 0 Å². The van der Waals surface area contributed by atoms with E-state index in [-0.39, 0.29) is 5.60 Å². The van der Waals surface area contributed by atoms with Crippen LogP contribution in [0.1, 0.15) is 52.0 Å². The molecule has 1 aliphatic rings. The van der Waals surface area contributed by atoms with Gasteiger partial charge in [-0.05, 0) is 44.1 Å². The van der Waals surface area contributed by atoms with Gasteiger partial charge in [-0.2, -0.15) is 0 Å². The number of hydrogen-bond acceptors (Lipinski definition) is 1. The van der Waals surface area contributed by atoms with Gasteiger partial charge in [0.05, 0.1) is 11.7 Å². The molecule has 1 aromatic carbocycles. The number of ether oxygens (including phenoxy) is 1. The van der Waals surface area contributed by atoms with Gasteiger partial charge in [0.25, 0.3) is 0 Å². The predicted molar refractivity (Wildman–Crippen MR) is 82.1 cm³/mol. The van der Waals surface area contributed by atoms with Crippen molar-refractivity contribution >= 4 is 6.08 Å². The molecular weight excluding hydrogens is 232 g/mol. The van der Waals surface area contributed by atoms with Gasteiger partial charge in [-0.25, -0.2) is 0 Å². The summed E-state index contributed by atoms with van der Waals surface area (Å²) in [5.74, 6) is 0.729. The summed E-state index contributed by atoms with van der Waals surface area (Å²) in [6.45, 7) is 6.80. The zero-order chi connectivity index (χ0) is 13.7. The summed E-state index contributed by atoms with van der Waals surface area (Å²) in [7, 11) is 0. The zero-order valence-corrected chi connectivity index (χ0v) is 12.4. The van der Waals surface area contributed by atoms with Gasteiger partial charge in [0, 0.05) is 0 Å². The monoisotopic (exact) mass is 258 g/mol. The van der Waals surface area contributed by atoms with Crippen molar-refractivity contribution in [2.45, 2.75) is 58.2 Å². The van der Waals surface area contributed by atoms with E-state index in [9.17, 15) is 0 Å². The van der Waals surface area contributed by atoms with Crippen LogP contribution in [-0.2, 0) is 4.74 Å². The van der Waals surface area contributed by atoms with Crippen molar-refractivity contribution in [2.75, 3.05) is 0 Å². The summed E-state index contributed by atoms with van der Waals surface area (Å²) in [4.78, 5) is 0. The van der Waals surface area contributed by atoms with Crippen LogP contribution in [0, 0.1) is 5.92 Å². The Hall–Kier alpha value is -1.08. The second-order valence-corrected chi connectivity index (χ2v) is 6.38. The molecule has 2 rings (SSSR count). The fraction of sp³-hybridized carbons (Fsp3) is 0.556. The first-order valence-corrected chi connectivity index (χ1v) is 7.47. The smallest absolute Gasteiger partial charge is 0.0693 e. The van der Waals surface area contributed by atoms with Crippen LogP contribution in [0.3, 0.4) is 0 Å². The fourth-order valence-electron chi connectivity index (χ4n) is 2.84. The molecule has 0 N–H and O–H groups in total. The Kier molecular flexibility index (Phi) is 4.81. The average Bonchev–Trinajstić information content (AvgIpc) is 2.71. The Balaban J connectivity index is 1.84. The van der Waals surface area contributed by atoms with Crippen LogP contribution in [0.2, 0.25) is 0 Å². The van der Waals surface area contributed by atoms with Crippen molar-refractivity contribution in [3.63, 3.8) is 0 Å². The Labute approximate surface area is 117 Å². The summed E-state index contributed by atoms with van der Waals surface area (Å²) in [5.41, 5.74) is 1.31. The lowest BCUT2D eigenvalue weighted by molar-refractivity contribution is -0.0330. The van der Waals surface area contributed by atoms with Crippen molar-refractivity contribution in [1.82, 2.24) is 0 Å². The SMILES string of the molecule is CC(C)CC1CCC(C)(C/C=C/c2ccccc2)O1. The molecular formula is C18H26O. The van der Waals surface area contributed by atoms with Gasteiger partial charge in [-0.3, -0.25) is 0 Å². The van der Waals surface area contributed by atoms with E-state index in [0.29, 0.717) is 6.10 Å². The highest BCUT2D eigenvalue weighted by Gasteiger charge is 2.34. The molecule has 0 spiro atoms. The first-order valence-electron chi connectivity index (χ1n) is 7.47. The largest absolute Gasteiger partial charge is 0.372 e. The Morgan fingerprint density at radius 3 is 2.74 bits per heavy atom. The van der Waals surface area contributed by atoms with E-state index in [4.69, 9.17) is 4.74 Å². The van der Waals surface area contributed by atoms with Crippen LogP contribution in [0.15, 0.2) is 36.4 Å². The molecule has 1 aliphatic heterocycles. The highest BCUT2D eigenvalue weighted by atomic mass is 16.5. The molecule has 1 fully saturated rings. The van der Waals surface area contributed by atoms with E-state index in [1.165, 1.54) is 24.8 Å². The minimum absolute atomic E-state index is 0.0465. The fourth-order valence-corrected chi connectivity index (χ4v) is 2.84. The van der Waals surface area contributed by atoms with Gasteiger partial charge in [-0.15, -0.1) is 0 Å². The Bertz CT molecular complexity index is 407. The van der Waals surface area contributed by atoms with Gasteiger partial charge in [0.15, 0.2) is 0 Å². The third-order valence-electron chi connectivity index (χ3n) is 3.84. The third-order valence-corrected chi connectivity index (χ3v) is 3.84. The van der Waals surface area contributed by atoms with Crippen molar-refractivity contribution in [2.24, 2.45) is 5.92 Å². The normalized spacial score (nSPS) is 27.5. The molecule has 104 valence electrons. The third kappa shape index (κ3) is 4.50. The van der Waals surface area contributed by atoms with E-state index in [0.717, 1.165) is 12.3 Å². The standard InChI is InChI=1S/C18H26O/c1-15(2)14-17-11-13-18(3,19-17)12-7-10-16-8-5-4-6-9-16/h4-10,15,17H,11-14H2,1-3H3/b10-7+. The van der Waals surface area contributed by atoms with Crippen molar-refractivity contribution in [3.05, 3.63) is 42.0 Å². The first kappa shape index (κ1) is 14.3. The first-order chi connectivity index (χ1) is 9.07. The van der Waals surface area contributed by atoms with Crippen molar-refractivity contribution in [3.8, 4) is 0 Å². The molecule has 1 saturated heterocycles. The lowest BCUT2D eigenvalue weighted by Crippen LogP contribution is -2.24. The molecule has 1 aromatic rings. The van der Waals surface area contributed by atoms with Crippen LogP contribution in [0.25, 0.3) is 6.08 Å². The molecule has 0 aliphatic carbocycles. The molecule has 0 amide bonds. The molecule has 1 heterocycles. The van der Waals surface area contributed by atoms with E-state index in [1.807, 2.05) is 0 Å². The lowest BCUT2D eigenvalue weighted by Gasteiger charge is -2.24. The summed E-state index contributed by atoms with van der Waals surface area (Å²) in [6.07, 6.45) is 9.53. The van der Waals surface area contributed by atoms with Gasteiger partial charge in [0.1, 0.15) is 0 Å². The van der Waals surface area contributed by atoms with E-state index in [2.05, 4.69) is 63.3 Å². The molecule has 19 heavy (non-hydrogen) atoms. The minimum Gasteiger partial charge on any atom is -0.372 e. The average molecular weight is 258 g/mol. The Morgan fingerprint density at radius 2 is 2.05 bits per heavy atom. The molecule has 0 aromatic heterocycles. The highest BCUT2D eigenvalue weighted by molar-refractivity contribution is 5.48. The second kappa shape index (κ2) is 6.38. The highest BCUT2D eigenvalue weighted by Crippen LogP contribution is 2.35. The molecule has 1 nitrogen and oxygen atoms in total. The quantitative estimate of drug-likeness (QED) is 0.716. The molecule has 0 radical (unpaired) electrons. The molecule has 0 saturated carbocycles. The molecule has 2 atom stereocenters. The Morgan fingerprint density at radius 1 is 1.32 bits per heavy atom. The second-order valence-electron chi connectivity index (χ2n) is 6.38. The van der Waals surface area contributed by atoms with Crippen LogP contribution < -0.4 is 0 Å². The van der Waals surface area contributed by atoms with Gasteiger partial charge in [0.2, 0.25) is 0 Å². The maximum atomic E-state index is 6.25. The van der Waals surface area contributed by atoms with Gasteiger partial charge < -0.3 is 4.74 Å². The van der Waals surface area contributed by atoms with Crippen LogP contribution in [-0.4, -0.2) is 11.7 Å². The molecule has 0 bridgehead atoms. The van der Waals surface area contributed by atoms with E-state index < -0.39 is 0 Å². The molecule has 1 heteroatoms. The summed E-state index contributed by atoms with van der Waals surface area (Å²) in [5, 5.41) is 0. The zero-order valence-electron chi connectivity index (χ0n) is 12.4. The summed E-state index contributed by atoms with van der Waals surface area (Å²) < 4.78 is 6.25. The van der Waals surface area contributed by atoms with Crippen LogP contribution in [0.5, 0.6) is 0 Å². The number of hydrogen-bond donors (Lipinski definition) is 0. The minimum atomic E-state index is 0.0465.